The van der Waals surface area contributed by atoms with E-state index in [4.69, 9.17) is 0 Å². The number of carbonyl (C=O) groups is 3. The minimum absolute atomic E-state index is 0.269. The number of aliphatic imine (C=N–C) groups is 1. The molecule has 1 atom stereocenters. The summed E-state index contributed by atoms with van der Waals surface area (Å²) in [6, 6.07) is 16.0. The van der Waals surface area contributed by atoms with Crippen molar-refractivity contribution < 1.29 is 19.5 Å². The van der Waals surface area contributed by atoms with Crippen molar-refractivity contribution in [2.24, 2.45) is 4.99 Å². The number of carbonyl (C=O) groups excluding carboxylic acids is 3. The van der Waals surface area contributed by atoms with Crippen LogP contribution in [0.4, 0.5) is 16.2 Å². The fourth-order valence-electron chi connectivity index (χ4n) is 3.01. The number of carboxylic acid groups (broad SMARTS) is 1. The molecular weight excluding hydrogens is 360 g/mol. The van der Waals surface area contributed by atoms with Gasteiger partial charge >= 0.3 is 0 Å². The molecule has 144 valence electrons. The molecule has 0 saturated heterocycles. The predicted molar refractivity (Wildman–Crippen MR) is 103 cm³/mol. The Morgan fingerprint density at radius 2 is 1.79 bits per heavy atom. The fraction of sp³-hybridized carbons (Fsp3) is 0.200. The summed E-state index contributed by atoms with van der Waals surface area (Å²) in [6.45, 7) is 1.41. The van der Waals surface area contributed by atoms with Gasteiger partial charge in [-0.05, 0) is 25.1 Å². The third-order valence-corrected chi connectivity index (χ3v) is 4.47. The average Bonchev–Trinajstić information content (AvgIpc) is 2.78. The molecule has 1 N–H and O–H groups in total. The molecule has 3 rings (SSSR count). The van der Waals surface area contributed by atoms with Crippen LogP contribution in [-0.4, -0.2) is 43.4 Å². The van der Waals surface area contributed by atoms with Crippen LogP contribution < -0.4 is 20.2 Å². The molecule has 3 amide bonds. The number of para-hydroxylation sites is 2. The highest BCUT2D eigenvalue weighted by atomic mass is 16.4. The number of benzene rings is 2. The van der Waals surface area contributed by atoms with Gasteiger partial charge in [0.05, 0.1) is 5.69 Å². The van der Waals surface area contributed by atoms with Crippen LogP contribution in [0.2, 0.25) is 0 Å². The molecule has 8 nitrogen and oxygen atoms in total. The van der Waals surface area contributed by atoms with Gasteiger partial charge in [0.25, 0.3) is 5.91 Å². The average molecular weight is 379 g/mol. The van der Waals surface area contributed by atoms with Gasteiger partial charge in [-0.15, -0.1) is 0 Å². The highest BCUT2D eigenvalue weighted by Crippen LogP contribution is 2.26. The van der Waals surface area contributed by atoms with Crippen LogP contribution in [0, 0.1) is 0 Å². The van der Waals surface area contributed by atoms with Gasteiger partial charge in [0.15, 0.2) is 6.17 Å². The van der Waals surface area contributed by atoms with Crippen molar-refractivity contribution in [3.8, 4) is 0 Å². The molecule has 8 heteroatoms. The molecule has 2 aromatic carbocycles. The molecule has 0 fully saturated rings. The topological polar surface area (TPSA) is 105 Å². The van der Waals surface area contributed by atoms with Crippen LogP contribution in [-0.2, 0) is 9.59 Å². The number of amides is 3. The fourth-order valence-corrected chi connectivity index (χ4v) is 3.01. The summed E-state index contributed by atoms with van der Waals surface area (Å²) in [6.07, 6.45) is -3.00. The van der Waals surface area contributed by atoms with Gasteiger partial charge in [-0.2, -0.15) is 0 Å². The van der Waals surface area contributed by atoms with E-state index in [9.17, 15) is 19.5 Å². The van der Waals surface area contributed by atoms with E-state index in [0.29, 0.717) is 22.6 Å². The van der Waals surface area contributed by atoms with E-state index >= 15 is 0 Å². The number of nitrogens with zero attached hydrogens (tertiary/aromatic N) is 3. The number of likely N-dealkylation sites (N-methyl/N-ethyl adjacent to an activating group) is 1. The smallest absolute Gasteiger partial charge is 0.272 e. The summed E-state index contributed by atoms with van der Waals surface area (Å²) in [7, 11) is 1.62. The van der Waals surface area contributed by atoms with E-state index in [-0.39, 0.29) is 12.5 Å². The number of hydrogen-bond donors (Lipinski definition) is 1. The lowest BCUT2D eigenvalue weighted by Crippen LogP contribution is -2.53. The first-order valence-electron chi connectivity index (χ1n) is 8.63. The Morgan fingerprint density at radius 1 is 1.14 bits per heavy atom. The van der Waals surface area contributed by atoms with Gasteiger partial charge in [-0.3, -0.25) is 19.5 Å². The summed E-state index contributed by atoms with van der Waals surface area (Å²) in [5.41, 5.74) is 2.30. The monoisotopic (exact) mass is 379 g/mol. The van der Waals surface area contributed by atoms with Crippen LogP contribution in [0.25, 0.3) is 0 Å². The Kier molecular flexibility index (Phi) is 5.39. The SMILES string of the molecule is CC1=NC(NC(=O)[O-])C(=O)N(CC(=O)N(C)c2ccccc2)c2ccccc21. The summed E-state index contributed by atoms with van der Waals surface area (Å²) in [5, 5.41) is 13.0. The minimum Gasteiger partial charge on any atom is -0.530 e. The first-order valence-corrected chi connectivity index (χ1v) is 8.63. The Bertz CT molecular complexity index is 942. The van der Waals surface area contributed by atoms with Gasteiger partial charge < -0.3 is 20.1 Å². The van der Waals surface area contributed by atoms with Crippen LogP contribution in [0.1, 0.15) is 12.5 Å². The van der Waals surface area contributed by atoms with Crippen molar-refractivity contribution in [1.82, 2.24) is 5.32 Å². The zero-order chi connectivity index (χ0) is 20.3. The summed E-state index contributed by atoms with van der Waals surface area (Å²) >= 11 is 0. The van der Waals surface area contributed by atoms with E-state index in [2.05, 4.69) is 4.99 Å². The first-order chi connectivity index (χ1) is 13.4. The summed E-state index contributed by atoms with van der Waals surface area (Å²) in [4.78, 5) is 43.7. The largest absolute Gasteiger partial charge is 0.530 e. The van der Waals surface area contributed by atoms with Crippen molar-refractivity contribution >= 4 is 35.0 Å². The Hall–Kier alpha value is -3.68. The second-order valence-electron chi connectivity index (χ2n) is 6.28. The van der Waals surface area contributed by atoms with Crippen LogP contribution in [0.3, 0.4) is 0 Å². The summed E-state index contributed by atoms with van der Waals surface area (Å²) < 4.78 is 0. The van der Waals surface area contributed by atoms with Crippen LogP contribution >= 0.6 is 0 Å². The predicted octanol–water partition coefficient (Wildman–Crippen LogP) is 0.764. The molecule has 1 aliphatic rings. The molecule has 0 saturated carbocycles. The molecule has 0 aromatic heterocycles. The molecule has 1 unspecified atom stereocenters. The van der Waals surface area contributed by atoms with Gasteiger partial charge in [0.2, 0.25) is 5.91 Å². The maximum Gasteiger partial charge on any atom is 0.272 e. The number of rotatable bonds is 4. The molecule has 0 radical (unpaired) electrons. The maximum atomic E-state index is 13.0. The Morgan fingerprint density at radius 3 is 2.46 bits per heavy atom. The lowest BCUT2D eigenvalue weighted by atomic mass is 10.1. The highest BCUT2D eigenvalue weighted by molar-refractivity contribution is 6.14. The molecular formula is C20H19N4O4-. The molecule has 0 bridgehead atoms. The second kappa shape index (κ2) is 7.91. The van der Waals surface area contributed by atoms with E-state index < -0.39 is 18.2 Å². The zero-order valence-electron chi connectivity index (χ0n) is 15.5. The van der Waals surface area contributed by atoms with Gasteiger partial charge in [-0.25, -0.2) is 0 Å². The van der Waals surface area contributed by atoms with Gasteiger partial charge in [-0.1, -0.05) is 36.4 Å². The second-order valence-corrected chi connectivity index (χ2v) is 6.28. The molecule has 2 aromatic rings. The number of benzodiazepines with no additional fused rings is 1. The number of hydrogen-bond acceptors (Lipinski definition) is 5. The van der Waals surface area contributed by atoms with Gasteiger partial charge in [0.1, 0.15) is 12.6 Å². The zero-order valence-corrected chi connectivity index (χ0v) is 15.5. The standard InChI is InChI=1S/C20H20N4O4/c1-13-15-10-6-7-11-16(15)24(19(26)18(21-13)22-20(27)28)12-17(25)23(2)14-8-4-3-5-9-14/h3-11,18,22H,12H2,1-2H3,(H,27,28)/p-1. The van der Waals surface area contributed by atoms with Crippen molar-refractivity contribution in [1.29, 1.82) is 0 Å². The minimum atomic E-state index is -1.62. The first kappa shape index (κ1) is 19.1. The van der Waals surface area contributed by atoms with Crippen LogP contribution in [0.15, 0.2) is 59.6 Å². The van der Waals surface area contributed by atoms with Crippen molar-refractivity contribution in [2.45, 2.75) is 13.1 Å². The summed E-state index contributed by atoms with van der Waals surface area (Å²) in [5.74, 6) is -0.982. The Balaban J connectivity index is 1.95. The third kappa shape index (κ3) is 3.85. The maximum absolute atomic E-state index is 13.0. The van der Waals surface area contributed by atoms with Gasteiger partial charge in [0, 0.05) is 24.0 Å². The third-order valence-electron chi connectivity index (χ3n) is 4.47. The molecule has 1 aliphatic heterocycles. The molecule has 0 aliphatic carbocycles. The lowest BCUT2D eigenvalue weighted by Gasteiger charge is -2.27. The Labute approximate surface area is 162 Å². The van der Waals surface area contributed by atoms with E-state index in [1.54, 1.807) is 50.4 Å². The quantitative estimate of drug-likeness (QED) is 0.847. The molecule has 0 spiro atoms. The number of anilines is 2. The molecule has 28 heavy (non-hydrogen) atoms. The van der Waals surface area contributed by atoms with Crippen molar-refractivity contribution in [2.75, 3.05) is 23.4 Å². The van der Waals surface area contributed by atoms with Crippen LogP contribution in [0.5, 0.6) is 0 Å². The number of fused-ring (bicyclic) bond motifs is 1. The normalized spacial score (nSPS) is 15.9. The number of nitrogens with one attached hydrogen (secondary N) is 1. The van der Waals surface area contributed by atoms with E-state index in [0.717, 1.165) is 0 Å². The highest BCUT2D eigenvalue weighted by Gasteiger charge is 2.32. The van der Waals surface area contributed by atoms with Crippen molar-refractivity contribution in [3.63, 3.8) is 0 Å². The van der Waals surface area contributed by atoms with Crippen molar-refractivity contribution in [3.05, 3.63) is 60.2 Å². The lowest BCUT2D eigenvalue weighted by molar-refractivity contribution is -0.251. The van der Waals surface area contributed by atoms with E-state index in [1.165, 1.54) is 9.80 Å². The van der Waals surface area contributed by atoms with E-state index in [1.807, 2.05) is 23.5 Å². The molecule has 1 heterocycles.